The molecule has 2 heterocycles. The van der Waals surface area contributed by atoms with Crippen molar-refractivity contribution in [3.63, 3.8) is 0 Å². The average molecular weight is 247 g/mol. The average Bonchev–Trinajstić information content (AvgIpc) is 2.40. The van der Waals surface area contributed by atoms with Gasteiger partial charge in [-0.2, -0.15) is 0 Å². The first-order valence-electron chi connectivity index (χ1n) is 4.67. The fourth-order valence-corrected chi connectivity index (χ4v) is 1.81. The Kier molecular flexibility index (Phi) is 3.51. The van der Waals surface area contributed by atoms with E-state index in [4.69, 9.17) is 10.9 Å². The Bertz CT molecular complexity index is 514. The Hall–Kier alpha value is -2.15. The van der Waals surface area contributed by atoms with Crippen molar-refractivity contribution in [2.45, 2.75) is 9.92 Å². The third-order valence-corrected chi connectivity index (χ3v) is 2.77. The van der Waals surface area contributed by atoms with E-state index >= 15 is 0 Å². The molecule has 0 saturated heterocycles. The van der Waals surface area contributed by atoms with Gasteiger partial charge in [0.1, 0.15) is 10.7 Å². The van der Waals surface area contributed by atoms with Gasteiger partial charge in [-0.3, -0.25) is 9.97 Å². The van der Waals surface area contributed by atoms with E-state index in [-0.39, 0.29) is 5.84 Å². The normalized spacial score (nSPS) is 11.4. The summed E-state index contributed by atoms with van der Waals surface area (Å²) in [4.78, 5) is 13.1. The Labute approximate surface area is 102 Å². The van der Waals surface area contributed by atoms with Crippen LogP contribution >= 0.6 is 11.8 Å². The minimum atomic E-state index is -0.0129. The zero-order valence-electron chi connectivity index (χ0n) is 8.69. The number of amidine groups is 1. The summed E-state index contributed by atoms with van der Waals surface area (Å²) in [5.74, 6) is -0.0129. The second kappa shape index (κ2) is 5.26. The highest BCUT2D eigenvalue weighted by Gasteiger charge is 2.02. The number of pyridine rings is 1. The standard InChI is InChI=1S/C10H9N5OS/c11-10(15-16)8-2-1-7(5-14-8)17-9-6-12-3-4-13-9/h1-6,16H,(H2,11,15). The molecule has 7 heteroatoms. The van der Waals surface area contributed by atoms with Gasteiger partial charge in [-0.15, -0.1) is 0 Å². The van der Waals surface area contributed by atoms with E-state index in [0.29, 0.717) is 5.69 Å². The van der Waals surface area contributed by atoms with Gasteiger partial charge < -0.3 is 10.9 Å². The lowest BCUT2D eigenvalue weighted by Crippen LogP contribution is -2.14. The maximum absolute atomic E-state index is 8.49. The van der Waals surface area contributed by atoms with Crippen LogP contribution < -0.4 is 5.73 Å². The van der Waals surface area contributed by atoms with Crippen LogP contribution in [-0.4, -0.2) is 26.0 Å². The molecule has 0 saturated carbocycles. The second-order valence-corrected chi connectivity index (χ2v) is 4.10. The van der Waals surface area contributed by atoms with Crippen LogP contribution in [0.15, 0.2) is 52.0 Å². The number of nitrogens with zero attached hydrogens (tertiary/aromatic N) is 4. The number of hydrogen-bond donors (Lipinski definition) is 2. The summed E-state index contributed by atoms with van der Waals surface area (Å²) in [5, 5.41) is 12.2. The smallest absolute Gasteiger partial charge is 0.188 e. The zero-order chi connectivity index (χ0) is 12.1. The minimum Gasteiger partial charge on any atom is -0.409 e. The third-order valence-electron chi connectivity index (χ3n) is 1.87. The predicted octanol–water partition coefficient (Wildman–Crippen LogP) is 1.12. The largest absolute Gasteiger partial charge is 0.409 e. The summed E-state index contributed by atoms with van der Waals surface area (Å²) in [5.41, 5.74) is 5.83. The van der Waals surface area contributed by atoms with E-state index < -0.39 is 0 Å². The molecule has 0 aromatic carbocycles. The van der Waals surface area contributed by atoms with Crippen LogP contribution in [0.5, 0.6) is 0 Å². The maximum Gasteiger partial charge on any atom is 0.188 e. The maximum atomic E-state index is 8.49. The topological polar surface area (TPSA) is 97.3 Å². The summed E-state index contributed by atoms with van der Waals surface area (Å²) in [6, 6.07) is 3.49. The van der Waals surface area contributed by atoms with Crippen molar-refractivity contribution >= 4 is 17.6 Å². The predicted molar refractivity (Wildman–Crippen MR) is 62.9 cm³/mol. The van der Waals surface area contributed by atoms with E-state index in [1.54, 1.807) is 30.9 Å². The third kappa shape index (κ3) is 2.91. The molecule has 0 bridgehead atoms. The van der Waals surface area contributed by atoms with E-state index in [0.717, 1.165) is 9.92 Å². The number of rotatable bonds is 3. The summed E-state index contributed by atoms with van der Waals surface area (Å²) >= 11 is 1.44. The number of hydrogen-bond acceptors (Lipinski definition) is 6. The van der Waals surface area contributed by atoms with Gasteiger partial charge in [0.2, 0.25) is 0 Å². The molecule has 0 aliphatic rings. The molecule has 17 heavy (non-hydrogen) atoms. The van der Waals surface area contributed by atoms with E-state index in [1.165, 1.54) is 11.8 Å². The van der Waals surface area contributed by atoms with Crippen LogP contribution in [0.25, 0.3) is 0 Å². The molecule has 0 radical (unpaired) electrons. The van der Waals surface area contributed by atoms with Gasteiger partial charge in [-0.05, 0) is 12.1 Å². The molecule has 0 spiro atoms. The Morgan fingerprint density at radius 2 is 2.12 bits per heavy atom. The molecule has 86 valence electrons. The molecule has 3 N–H and O–H groups in total. The number of aromatic nitrogens is 3. The van der Waals surface area contributed by atoms with Crippen molar-refractivity contribution in [2.24, 2.45) is 10.9 Å². The summed E-state index contributed by atoms with van der Waals surface area (Å²) in [7, 11) is 0. The number of nitrogens with two attached hydrogens (primary N) is 1. The minimum absolute atomic E-state index is 0.0129. The molecular weight excluding hydrogens is 238 g/mol. The van der Waals surface area contributed by atoms with Gasteiger partial charge in [-0.25, -0.2) is 4.98 Å². The van der Waals surface area contributed by atoms with Crippen LogP contribution in [-0.2, 0) is 0 Å². The van der Waals surface area contributed by atoms with Crippen molar-refractivity contribution in [3.05, 3.63) is 42.6 Å². The molecular formula is C10H9N5OS. The first-order valence-corrected chi connectivity index (χ1v) is 5.49. The van der Waals surface area contributed by atoms with E-state index in [9.17, 15) is 0 Å². The summed E-state index contributed by atoms with van der Waals surface area (Å²) < 4.78 is 0. The van der Waals surface area contributed by atoms with Gasteiger partial charge in [-0.1, -0.05) is 16.9 Å². The van der Waals surface area contributed by atoms with Crippen molar-refractivity contribution in [3.8, 4) is 0 Å². The van der Waals surface area contributed by atoms with Crippen molar-refractivity contribution in [1.29, 1.82) is 0 Å². The van der Waals surface area contributed by atoms with Crippen LogP contribution in [0.2, 0.25) is 0 Å². The first kappa shape index (κ1) is 11.3. The Morgan fingerprint density at radius 1 is 1.24 bits per heavy atom. The summed E-state index contributed by atoms with van der Waals surface area (Å²) in [6.45, 7) is 0. The van der Waals surface area contributed by atoms with Crippen molar-refractivity contribution in [2.75, 3.05) is 0 Å². The second-order valence-electron chi connectivity index (χ2n) is 3.01. The highest BCUT2D eigenvalue weighted by atomic mass is 32.2. The SMILES string of the molecule is N/C(=N/O)c1ccc(Sc2cnccn2)cn1. The summed E-state index contributed by atoms with van der Waals surface area (Å²) in [6.07, 6.45) is 6.54. The van der Waals surface area contributed by atoms with Gasteiger partial charge in [0, 0.05) is 23.5 Å². The fourth-order valence-electron chi connectivity index (χ4n) is 1.10. The van der Waals surface area contributed by atoms with Gasteiger partial charge in [0.25, 0.3) is 0 Å². The van der Waals surface area contributed by atoms with Crippen LogP contribution in [0, 0.1) is 0 Å². The Balaban J connectivity index is 2.14. The molecule has 0 amide bonds. The fraction of sp³-hybridized carbons (Fsp3) is 0. The van der Waals surface area contributed by atoms with Crippen LogP contribution in [0.1, 0.15) is 5.69 Å². The molecule has 0 aliphatic heterocycles. The van der Waals surface area contributed by atoms with E-state index in [1.807, 2.05) is 6.07 Å². The lowest BCUT2D eigenvalue weighted by molar-refractivity contribution is 0.318. The lowest BCUT2D eigenvalue weighted by Gasteiger charge is -2.01. The molecule has 0 unspecified atom stereocenters. The highest BCUT2D eigenvalue weighted by molar-refractivity contribution is 7.99. The van der Waals surface area contributed by atoms with Gasteiger partial charge in [0.15, 0.2) is 5.84 Å². The van der Waals surface area contributed by atoms with E-state index in [2.05, 4.69) is 20.1 Å². The molecule has 6 nitrogen and oxygen atoms in total. The highest BCUT2D eigenvalue weighted by Crippen LogP contribution is 2.23. The van der Waals surface area contributed by atoms with Crippen LogP contribution in [0.3, 0.4) is 0 Å². The van der Waals surface area contributed by atoms with Crippen LogP contribution in [0.4, 0.5) is 0 Å². The number of oxime groups is 1. The molecule has 0 fully saturated rings. The molecule has 2 aromatic rings. The Morgan fingerprint density at radius 3 is 2.71 bits per heavy atom. The zero-order valence-corrected chi connectivity index (χ0v) is 9.50. The molecule has 2 aromatic heterocycles. The molecule has 2 rings (SSSR count). The molecule has 0 aliphatic carbocycles. The monoisotopic (exact) mass is 247 g/mol. The van der Waals surface area contributed by atoms with Gasteiger partial charge in [0.05, 0.1) is 6.20 Å². The first-order chi connectivity index (χ1) is 8.29. The lowest BCUT2D eigenvalue weighted by atomic mass is 10.3. The van der Waals surface area contributed by atoms with Crippen molar-refractivity contribution < 1.29 is 5.21 Å². The quantitative estimate of drug-likeness (QED) is 0.365. The van der Waals surface area contributed by atoms with Crippen molar-refractivity contribution in [1.82, 2.24) is 15.0 Å². The van der Waals surface area contributed by atoms with Gasteiger partial charge >= 0.3 is 0 Å². The molecule has 0 atom stereocenters.